The molecule has 0 amide bonds. The highest BCUT2D eigenvalue weighted by molar-refractivity contribution is 5.99. The van der Waals surface area contributed by atoms with E-state index in [0.717, 1.165) is 158 Å². The first kappa shape index (κ1) is 80.9. The lowest BCUT2D eigenvalue weighted by Crippen LogP contribution is -2.32. The molecule has 0 fully saturated rings. The second-order valence-electron chi connectivity index (χ2n) is 38.1. The molecule has 22 aromatic carbocycles. The molecule has 0 unspecified atom stereocenters. The highest BCUT2D eigenvalue weighted by Gasteiger charge is 2.56. The van der Waals surface area contributed by atoms with Gasteiger partial charge in [0, 0.05) is 78.5 Å². The van der Waals surface area contributed by atoms with Crippen molar-refractivity contribution in [1.82, 2.24) is 0 Å². The van der Waals surface area contributed by atoms with Gasteiger partial charge in [-0.15, -0.1) is 0 Å². The number of para-hydroxylation sites is 9. The van der Waals surface area contributed by atoms with Crippen molar-refractivity contribution in [1.29, 1.82) is 0 Å². The summed E-state index contributed by atoms with van der Waals surface area (Å²) in [5, 5.41) is 0. The van der Waals surface area contributed by atoms with Crippen LogP contribution in [0.25, 0.3) is 89.0 Å². The van der Waals surface area contributed by atoms with Gasteiger partial charge in [0.2, 0.25) is 0 Å². The molecule has 6 nitrogen and oxygen atoms in total. The second kappa shape index (κ2) is 31.6. The van der Waals surface area contributed by atoms with Crippen molar-refractivity contribution in [3.63, 3.8) is 0 Å². The molecule has 142 heavy (non-hydrogen) atoms. The molecule has 4 spiro atoms. The van der Waals surface area contributed by atoms with E-state index in [2.05, 4.69) is 532 Å². The van der Waals surface area contributed by atoms with Gasteiger partial charge in [-0.25, -0.2) is 0 Å². The number of nitrogens with zero attached hydrogens (tertiary/aromatic N) is 2. The normalized spacial score (nSPS) is 14.1. The van der Waals surface area contributed by atoms with E-state index in [1.54, 1.807) is 0 Å². The number of fused-ring (bicyclic) bond motifs is 36. The van der Waals surface area contributed by atoms with Crippen molar-refractivity contribution >= 4 is 34.1 Å². The minimum Gasteiger partial charge on any atom is -0.457 e. The van der Waals surface area contributed by atoms with Crippen molar-refractivity contribution in [2.45, 2.75) is 21.7 Å². The zero-order chi connectivity index (χ0) is 93.4. The lowest BCUT2D eigenvalue weighted by Gasteiger charge is -2.39. The maximum atomic E-state index is 6.73. The standard InChI is InChI=1S/2C68H43NO2/c1-2-19-44(20-3-1)49-23-6-13-32-62(49)69(48-38-40-53-51-25-5-8-27-55(51)68(61(53)43-48)58-30-11-16-35-65(58)71-66-36-17-12-31-59(66)68)47-22-18-21-45(41-47)46-37-39-52-50-24-4-7-26-54(50)67(60(52)42-46)56-28-9-14-33-63(56)70-64-34-15-10-29-57(64)67;1-2-17-44(18-3-1)45-33-36-48(37-34-45)69(50-38-40-54-52-22-5-7-24-56(52)68(62(54)43-50)59-27-10-14-31-65(59)71-66-32-15-11-28-60(66)68)49-20-16-19-46(41-49)47-35-39-53-51-21-4-6-23-55(51)67(61(53)42-47)57-25-8-12-29-63(57)70-64-30-13-9-26-58(64)67/h2*1-43H. The minimum atomic E-state index is -0.612. The van der Waals surface area contributed by atoms with E-state index >= 15 is 0 Å². The molecule has 0 saturated carbocycles. The van der Waals surface area contributed by atoms with Crippen LogP contribution in [0.3, 0.4) is 0 Å². The molecule has 0 saturated heterocycles. The Balaban J connectivity index is 0.000000136. The van der Waals surface area contributed by atoms with Gasteiger partial charge in [0.05, 0.1) is 27.3 Å². The zero-order valence-electron chi connectivity index (χ0n) is 77.2. The van der Waals surface area contributed by atoms with Gasteiger partial charge < -0.3 is 28.7 Å². The molecule has 8 aliphatic rings. The number of hydrogen-bond acceptors (Lipinski definition) is 6. The summed E-state index contributed by atoms with van der Waals surface area (Å²) in [6.07, 6.45) is 0. The van der Waals surface area contributed by atoms with Crippen LogP contribution in [0, 0.1) is 0 Å². The third-order valence-electron chi connectivity index (χ3n) is 31.2. The number of ether oxygens (including phenoxy) is 4. The molecule has 4 aliphatic carbocycles. The van der Waals surface area contributed by atoms with Crippen LogP contribution in [0.5, 0.6) is 46.0 Å². The van der Waals surface area contributed by atoms with Crippen LogP contribution in [0.15, 0.2) is 522 Å². The Labute approximate surface area is 824 Å². The van der Waals surface area contributed by atoms with Gasteiger partial charge in [-0.1, -0.05) is 394 Å². The summed E-state index contributed by atoms with van der Waals surface area (Å²) >= 11 is 0. The van der Waals surface area contributed by atoms with Crippen LogP contribution < -0.4 is 28.7 Å². The maximum Gasteiger partial charge on any atom is 0.132 e. The Kier molecular flexibility index (Phi) is 18.0. The fourth-order valence-corrected chi connectivity index (χ4v) is 25.5. The number of hydrogen-bond donors (Lipinski definition) is 0. The molecule has 664 valence electrons. The highest BCUT2D eigenvalue weighted by Crippen LogP contribution is 2.69. The summed E-state index contributed by atoms with van der Waals surface area (Å²) in [6.45, 7) is 0. The third kappa shape index (κ3) is 11.6. The maximum absolute atomic E-state index is 6.73. The molecule has 4 heterocycles. The van der Waals surface area contributed by atoms with Gasteiger partial charge in [0.25, 0.3) is 0 Å². The van der Waals surface area contributed by atoms with Crippen LogP contribution in [-0.4, -0.2) is 0 Å². The Morgan fingerprint density at radius 1 is 0.120 bits per heavy atom. The largest absolute Gasteiger partial charge is 0.457 e. The van der Waals surface area contributed by atoms with E-state index in [1.807, 2.05) is 0 Å². The lowest BCUT2D eigenvalue weighted by molar-refractivity contribution is 0.436. The SMILES string of the molecule is c1ccc(-c2ccc(N(c3cccc(-c4ccc5c(c4)C4(c6ccccc6Oc6ccccc64)c4ccccc4-5)c3)c3ccc4c(c3)C3(c5ccccc5Oc5ccccc53)c3ccccc3-4)cc2)cc1.c1ccc(-c2ccccc2N(c2cccc(-c3ccc4c(c3)C3(c5ccccc5Oc5ccccc53)c3ccccc3-4)c2)c2ccc3c(c2)C2(c4ccccc4Oc4ccccc42)c2ccccc2-3)cc1. The van der Waals surface area contributed by atoms with Crippen LogP contribution in [-0.2, 0) is 21.7 Å². The molecule has 0 aromatic heterocycles. The van der Waals surface area contributed by atoms with Crippen LogP contribution in [0.2, 0.25) is 0 Å². The number of anilines is 6. The fourth-order valence-electron chi connectivity index (χ4n) is 25.5. The minimum absolute atomic E-state index is 0.559. The van der Waals surface area contributed by atoms with E-state index in [1.165, 1.54) is 100 Å². The molecule has 6 heteroatoms. The Morgan fingerprint density at radius 2 is 0.338 bits per heavy atom. The average Bonchev–Trinajstić information content (AvgIpc) is 1.52. The lowest BCUT2D eigenvalue weighted by atomic mass is 9.66. The molecule has 0 atom stereocenters. The van der Waals surface area contributed by atoms with Crippen LogP contribution in [0.4, 0.5) is 34.1 Å². The second-order valence-corrected chi connectivity index (χ2v) is 38.1. The van der Waals surface area contributed by atoms with E-state index < -0.39 is 21.7 Å². The number of rotatable bonds is 10. The van der Waals surface area contributed by atoms with E-state index in [0.29, 0.717) is 0 Å². The first-order valence-electron chi connectivity index (χ1n) is 49.0. The summed E-state index contributed by atoms with van der Waals surface area (Å²) in [7, 11) is 0. The predicted molar refractivity (Wildman–Crippen MR) is 574 cm³/mol. The molecule has 30 rings (SSSR count). The van der Waals surface area contributed by atoms with E-state index in [9.17, 15) is 0 Å². The first-order chi connectivity index (χ1) is 70.4. The van der Waals surface area contributed by atoms with Crippen LogP contribution >= 0.6 is 0 Å². The summed E-state index contributed by atoms with van der Waals surface area (Å²) < 4.78 is 26.8. The Bertz CT molecular complexity index is 8800. The van der Waals surface area contributed by atoms with Crippen LogP contribution in [0.1, 0.15) is 89.0 Å². The van der Waals surface area contributed by atoms with Gasteiger partial charge >= 0.3 is 0 Å². The molecule has 0 bridgehead atoms. The summed E-state index contributed by atoms with van der Waals surface area (Å²) in [5.74, 6) is 7.08. The van der Waals surface area contributed by atoms with Crippen molar-refractivity contribution in [3.8, 4) is 135 Å². The van der Waals surface area contributed by atoms with Crippen molar-refractivity contribution < 1.29 is 18.9 Å². The Hall–Kier alpha value is -18.4. The topological polar surface area (TPSA) is 43.4 Å². The van der Waals surface area contributed by atoms with E-state index in [4.69, 9.17) is 18.9 Å². The summed E-state index contributed by atoms with van der Waals surface area (Å²) in [5.41, 5.74) is 42.5. The smallest absolute Gasteiger partial charge is 0.132 e. The van der Waals surface area contributed by atoms with Gasteiger partial charge in [0.15, 0.2) is 0 Å². The van der Waals surface area contributed by atoms with Gasteiger partial charge in [-0.2, -0.15) is 0 Å². The first-order valence-corrected chi connectivity index (χ1v) is 49.0. The monoisotopic (exact) mass is 1810 g/mol. The molecule has 22 aromatic rings. The highest BCUT2D eigenvalue weighted by atomic mass is 16.5. The van der Waals surface area contributed by atoms with Gasteiger partial charge in [-0.05, 0) is 255 Å². The molecule has 4 aliphatic heterocycles. The zero-order valence-corrected chi connectivity index (χ0v) is 77.2. The van der Waals surface area contributed by atoms with E-state index in [-0.39, 0.29) is 0 Å². The molecular formula is C136H86N2O4. The average molecular weight is 1810 g/mol. The molecular weight excluding hydrogens is 1730 g/mol. The Morgan fingerprint density at radius 3 is 0.683 bits per heavy atom. The van der Waals surface area contributed by atoms with Crippen molar-refractivity contribution in [2.75, 3.05) is 9.80 Å². The number of benzene rings is 22. The van der Waals surface area contributed by atoms with Gasteiger partial charge in [-0.3, -0.25) is 0 Å². The predicted octanol–water partition coefficient (Wildman–Crippen LogP) is 34.9. The molecule has 0 N–H and O–H groups in total. The fraction of sp³-hybridized carbons (Fsp3) is 0.0294. The van der Waals surface area contributed by atoms with Crippen molar-refractivity contribution in [2.24, 2.45) is 0 Å². The third-order valence-corrected chi connectivity index (χ3v) is 31.2. The van der Waals surface area contributed by atoms with Crippen molar-refractivity contribution in [3.05, 3.63) is 611 Å². The quantitative estimate of drug-likeness (QED) is 0.136. The van der Waals surface area contributed by atoms with Gasteiger partial charge in [0.1, 0.15) is 46.0 Å². The molecule has 0 radical (unpaired) electrons. The summed E-state index contributed by atoms with van der Waals surface area (Å²) in [4.78, 5) is 4.90. The summed E-state index contributed by atoms with van der Waals surface area (Å²) in [6, 6.07) is 190.